The van der Waals surface area contributed by atoms with E-state index in [-0.39, 0.29) is 5.56 Å². The number of nitrogens with one attached hydrogen (secondary N) is 1. The fourth-order valence-electron chi connectivity index (χ4n) is 2.33. The molecular formula is C13H22N4O2. The zero-order valence-electron chi connectivity index (χ0n) is 11.6. The van der Waals surface area contributed by atoms with E-state index in [0.29, 0.717) is 12.6 Å². The Morgan fingerprint density at radius 3 is 2.79 bits per heavy atom. The van der Waals surface area contributed by atoms with Gasteiger partial charge in [0.05, 0.1) is 24.5 Å². The van der Waals surface area contributed by atoms with E-state index >= 15 is 0 Å². The van der Waals surface area contributed by atoms with E-state index in [4.69, 9.17) is 4.74 Å². The Bertz CT molecular complexity index is 452. The zero-order valence-corrected chi connectivity index (χ0v) is 11.6. The van der Waals surface area contributed by atoms with E-state index in [1.165, 1.54) is 4.68 Å². The molecule has 0 aliphatic carbocycles. The summed E-state index contributed by atoms with van der Waals surface area (Å²) in [7, 11) is 3.62. The summed E-state index contributed by atoms with van der Waals surface area (Å²) in [5.41, 5.74) is 0.877. The molecule has 0 atom stereocenters. The van der Waals surface area contributed by atoms with Crippen LogP contribution in [0.25, 0.3) is 0 Å². The van der Waals surface area contributed by atoms with Crippen molar-refractivity contribution in [1.82, 2.24) is 15.1 Å². The lowest BCUT2D eigenvalue weighted by Gasteiger charge is -2.32. The fraction of sp³-hybridized carbons (Fsp3) is 0.692. The Labute approximate surface area is 113 Å². The van der Waals surface area contributed by atoms with Gasteiger partial charge in [0.15, 0.2) is 0 Å². The molecule has 19 heavy (non-hydrogen) atoms. The van der Waals surface area contributed by atoms with Gasteiger partial charge in [0.25, 0.3) is 5.56 Å². The van der Waals surface area contributed by atoms with E-state index in [2.05, 4.69) is 15.3 Å². The van der Waals surface area contributed by atoms with Crippen LogP contribution in [0.1, 0.15) is 12.8 Å². The highest BCUT2D eigenvalue weighted by Gasteiger charge is 2.19. The predicted molar refractivity (Wildman–Crippen MR) is 74.7 cm³/mol. The van der Waals surface area contributed by atoms with Gasteiger partial charge in [0.2, 0.25) is 0 Å². The second-order valence-electron chi connectivity index (χ2n) is 4.80. The van der Waals surface area contributed by atoms with Crippen molar-refractivity contribution in [3.63, 3.8) is 0 Å². The van der Waals surface area contributed by atoms with Gasteiger partial charge in [-0.2, -0.15) is 5.10 Å². The molecule has 0 saturated carbocycles. The summed E-state index contributed by atoms with van der Waals surface area (Å²) in [6.07, 6.45) is 4.13. The van der Waals surface area contributed by atoms with E-state index in [1.807, 2.05) is 7.05 Å². The van der Waals surface area contributed by atoms with Crippen LogP contribution < -0.4 is 15.8 Å². The molecule has 1 fully saturated rings. The normalized spacial score (nSPS) is 16.8. The first kappa shape index (κ1) is 14.0. The lowest BCUT2D eigenvalue weighted by molar-refractivity contribution is 0.0819. The number of hydrogen-bond donors (Lipinski definition) is 1. The molecule has 2 rings (SSSR count). The highest BCUT2D eigenvalue weighted by atomic mass is 16.5. The Morgan fingerprint density at radius 2 is 2.21 bits per heavy atom. The molecule has 0 radical (unpaired) electrons. The van der Waals surface area contributed by atoms with Crippen LogP contribution in [0, 0.1) is 0 Å². The van der Waals surface area contributed by atoms with Crippen LogP contribution in [0.2, 0.25) is 0 Å². The van der Waals surface area contributed by atoms with Crippen molar-refractivity contribution in [2.45, 2.75) is 25.5 Å². The number of methoxy groups -OCH3 is 1. The number of aromatic nitrogens is 2. The third kappa shape index (κ3) is 3.54. The van der Waals surface area contributed by atoms with Crippen molar-refractivity contribution in [1.29, 1.82) is 0 Å². The highest BCUT2D eigenvalue weighted by molar-refractivity contribution is 5.43. The summed E-state index contributed by atoms with van der Waals surface area (Å²) >= 11 is 0. The maximum absolute atomic E-state index is 11.9. The van der Waals surface area contributed by atoms with Gasteiger partial charge in [0.1, 0.15) is 0 Å². The molecule has 0 bridgehead atoms. The Morgan fingerprint density at radius 1 is 1.47 bits per heavy atom. The summed E-state index contributed by atoms with van der Waals surface area (Å²) in [5.74, 6) is 0. The summed E-state index contributed by atoms with van der Waals surface area (Å²) in [6.45, 7) is 3.17. The van der Waals surface area contributed by atoms with Gasteiger partial charge in [-0.05, 0) is 19.9 Å². The standard InChI is InChI=1S/C13H22N4O2/c1-14-5-8-17-13(18)9-11(10-15-17)16-6-3-12(19-2)4-7-16/h9-10,12,14H,3-8H2,1-2H3. The maximum atomic E-state index is 11.9. The maximum Gasteiger partial charge on any atom is 0.268 e. The average Bonchev–Trinajstić information content (AvgIpc) is 2.46. The number of rotatable bonds is 5. The van der Waals surface area contributed by atoms with Gasteiger partial charge in [0, 0.05) is 32.8 Å². The number of ether oxygens (including phenoxy) is 1. The Hall–Kier alpha value is -1.40. The van der Waals surface area contributed by atoms with Gasteiger partial charge in [-0.1, -0.05) is 0 Å². The van der Waals surface area contributed by atoms with E-state index < -0.39 is 0 Å². The summed E-state index contributed by atoms with van der Waals surface area (Å²) in [6, 6.07) is 1.68. The molecule has 1 aliphatic rings. The van der Waals surface area contributed by atoms with Crippen LogP contribution in [0.3, 0.4) is 0 Å². The van der Waals surface area contributed by atoms with Gasteiger partial charge in [-0.25, -0.2) is 4.68 Å². The minimum atomic E-state index is -0.0402. The smallest absolute Gasteiger partial charge is 0.268 e. The second kappa shape index (κ2) is 6.68. The van der Waals surface area contributed by atoms with E-state index in [9.17, 15) is 4.79 Å². The van der Waals surface area contributed by atoms with Crippen molar-refractivity contribution < 1.29 is 4.74 Å². The van der Waals surface area contributed by atoms with Gasteiger partial charge in [-0.15, -0.1) is 0 Å². The molecule has 1 aromatic rings. The van der Waals surface area contributed by atoms with Crippen LogP contribution in [-0.2, 0) is 11.3 Å². The summed E-state index contributed by atoms with van der Waals surface area (Å²) in [5, 5.41) is 7.23. The SMILES string of the molecule is CNCCn1ncc(N2CCC(OC)CC2)cc1=O. The molecule has 1 N–H and O–H groups in total. The third-order valence-electron chi connectivity index (χ3n) is 3.57. The number of likely N-dealkylation sites (N-methyl/N-ethyl adjacent to an activating group) is 1. The molecule has 1 aliphatic heterocycles. The molecular weight excluding hydrogens is 244 g/mol. The third-order valence-corrected chi connectivity index (χ3v) is 3.57. The van der Waals surface area contributed by atoms with Gasteiger partial charge in [-0.3, -0.25) is 4.79 Å². The number of anilines is 1. The van der Waals surface area contributed by atoms with E-state index in [1.54, 1.807) is 19.4 Å². The largest absolute Gasteiger partial charge is 0.381 e. The van der Waals surface area contributed by atoms with Crippen LogP contribution in [0.5, 0.6) is 0 Å². The average molecular weight is 266 g/mol. The predicted octanol–water partition coefficient (Wildman–Crippen LogP) is 0.0779. The quantitative estimate of drug-likeness (QED) is 0.818. The Balaban J connectivity index is 2.02. The molecule has 0 unspecified atom stereocenters. The van der Waals surface area contributed by atoms with Crippen LogP contribution >= 0.6 is 0 Å². The first-order valence-electron chi connectivity index (χ1n) is 6.74. The molecule has 6 nitrogen and oxygen atoms in total. The van der Waals surface area contributed by atoms with Crippen LogP contribution in [-0.4, -0.2) is 49.7 Å². The van der Waals surface area contributed by atoms with Crippen molar-refractivity contribution in [2.75, 3.05) is 38.7 Å². The number of nitrogens with zero attached hydrogens (tertiary/aromatic N) is 3. The van der Waals surface area contributed by atoms with Gasteiger partial charge < -0.3 is 15.0 Å². The molecule has 6 heteroatoms. The zero-order chi connectivity index (χ0) is 13.7. The van der Waals surface area contributed by atoms with Crippen molar-refractivity contribution in [3.8, 4) is 0 Å². The molecule has 0 aromatic carbocycles. The molecule has 106 valence electrons. The summed E-state index contributed by atoms with van der Waals surface area (Å²) < 4.78 is 6.84. The highest BCUT2D eigenvalue weighted by Crippen LogP contribution is 2.18. The second-order valence-corrected chi connectivity index (χ2v) is 4.80. The molecule has 0 spiro atoms. The van der Waals surface area contributed by atoms with Gasteiger partial charge >= 0.3 is 0 Å². The van der Waals surface area contributed by atoms with E-state index in [0.717, 1.165) is 38.2 Å². The first-order chi connectivity index (χ1) is 9.24. The first-order valence-corrected chi connectivity index (χ1v) is 6.74. The van der Waals surface area contributed by atoms with Crippen molar-refractivity contribution in [3.05, 3.63) is 22.6 Å². The minimum absolute atomic E-state index is 0.0402. The lowest BCUT2D eigenvalue weighted by Crippen LogP contribution is -2.38. The molecule has 1 saturated heterocycles. The van der Waals surface area contributed by atoms with Crippen LogP contribution in [0.4, 0.5) is 5.69 Å². The molecule has 0 amide bonds. The van der Waals surface area contributed by atoms with Crippen molar-refractivity contribution >= 4 is 5.69 Å². The Kier molecular flexibility index (Phi) is 4.93. The number of piperidine rings is 1. The monoisotopic (exact) mass is 266 g/mol. The van der Waals surface area contributed by atoms with Crippen LogP contribution in [0.15, 0.2) is 17.1 Å². The van der Waals surface area contributed by atoms with Crippen molar-refractivity contribution in [2.24, 2.45) is 0 Å². The molecule has 2 heterocycles. The minimum Gasteiger partial charge on any atom is -0.381 e. The summed E-state index contributed by atoms with van der Waals surface area (Å²) in [4.78, 5) is 14.1. The lowest BCUT2D eigenvalue weighted by atomic mass is 10.1. The fourth-order valence-corrected chi connectivity index (χ4v) is 2.33. The topological polar surface area (TPSA) is 59.4 Å². The number of hydrogen-bond acceptors (Lipinski definition) is 5. The molecule has 1 aromatic heterocycles.